The van der Waals surface area contributed by atoms with Crippen molar-refractivity contribution in [1.82, 2.24) is 24.9 Å². The molecule has 2 aromatic heterocycles. The molecule has 0 amide bonds. The monoisotopic (exact) mass is 327 g/mol. The fraction of sp³-hybridized carbons (Fsp3) is 0.600. The number of hydrogen-bond acceptors (Lipinski definition) is 3. The van der Waals surface area contributed by atoms with Crippen LogP contribution in [-0.4, -0.2) is 44.5 Å². The Morgan fingerprint density at radius 3 is 2.87 bits per heavy atom. The highest BCUT2D eigenvalue weighted by Gasteiger charge is 2.35. The van der Waals surface area contributed by atoms with Crippen LogP contribution in [0.15, 0.2) is 18.5 Å². The Kier molecular flexibility index (Phi) is 4.43. The van der Waals surface area contributed by atoms with E-state index in [1.54, 1.807) is 4.68 Å². The Balaban J connectivity index is 1.58. The smallest absolute Gasteiger partial charge is 0.302 e. The minimum absolute atomic E-state index is 0.0845. The summed E-state index contributed by atoms with van der Waals surface area (Å²) in [7, 11) is 1.89. The van der Waals surface area contributed by atoms with Crippen LogP contribution in [-0.2, 0) is 19.6 Å². The minimum Gasteiger partial charge on any atom is -0.302 e. The zero-order valence-corrected chi connectivity index (χ0v) is 13.0. The van der Waals surface area contributed by atoms with Crippen molar-refractivity contribution in [3.05, 3.63) is 35.4 Å². The fourth-order valence-corrected chi connectivity index (χ4v) is 3.09. The lowest BCUT2D eigenvalue weighted by Crippen LogP contribution is -2.35. The molecule has 1 saturated heterocycles. The Bertz CT molecular complexity index is 646. The first kappa shape index (κ1) is 16.0. The lowest BCUT2D eigenvalue weighted by Gasteiger charge is -2.32. The number of likely N-dealkylation sites (tertiary alicyclic amines) is 1. The number of piperidine rings is 1. The second kappa shape index (κ2) is 6.35. The molecule has 1 N–H and O–H groups in total. The van der Waals surface area contributed by atoms with Crippen molar-refractivity contribution in [1.29, 1.82) is 0 Å². The second-order valence-corrected chi connectivity index (χ2v) is 6.12. The van der Waals surface area contributed by atoms with Gasteiger partial charge in [-0.05, 0) is 37.4 Å². The van der Waals surface area contributed by atoms with Crippen molar-refractivity contribution >= 4 is 0 Å². The second-order valence-electron chi connectivity index (χ2n) is 6.12. The van der Waals surface area contributed by atoms with Gasteiger partial charge >= 0.3 is 6.18 Å². The molecular weight excluding hydrogens is 307 g/mol. The number of rotatable bonds is 4. The molecular formula is C15H20F3N5. The van der Waals surface area contributed by atoms with Crippen LogP contribution in [0.5, 0.6) is 0 Å². The van der Waals surface area contributed by atoms with E-state index in [1.165, 1.54) is 5.56 Å². The minimum atomic E-state index is -4.39. The summed E-state index contributed by atoms with van der Waals surface area (Å²) >= 11 is 0. The number of halogens is 3. The van der Waals surface area contributed by atoms with E-state index >= 15 is 0 Å². The maximum absolute atomic E-state index is 12.7. The Labute approximate surface area is 132 Å². The van der Waals surface area contributed by atoms with Crippen LogP contribution in [0, 0.1) is 0 Å². The number of hydrogen-bond donors (Lipinski definition) is 1. The van der Waals surface area contributed by atoms with Gasteiger partial charge in [-0.1, -0.05) is 0 Å². The molecule has 3 heterocycles. The zero-order chi connectivity index (χ0) is 16.4. The highest BCUT2D eigenvalue weighted by atomic mass is 19.4. The van der Waals surface area contributed by atoms with Crippen LogP contribution in [0.25, 0.3) is 0 Å². The van der Waals surface area contributed by atoms with Gasteiger partial charge in [0, 0.05) is 37.9 Å². The summed E-state index contributed by atoms with van der Waals surface area (Å²) in [5, 5.41) is 10.1. The van der Waals surface area contributed by atoms with E-state index in [-0.39, 0.29) is 5.92 Å². The van der Waals surface area contributed by atoms with Crippen LogP contribution >= 0.6 is 0 Å². The van der Waals surface area contributed by atoms with Gasteiger partial charge in [-0.15, -0.1) is 0 Å². The number of aryl methyl sites for hydroxylation is 1. The van der Waals surface area contributed by atoms with Crippen molar-refractivity contribution in [3.63, 3.8) is 0 Å². The third-order valence-electron chi connectivity index (χ3n) is 4.31. The quantitative estimate of drug-likeness (QED) is 0.939. The lowest BCUT2D eigenvalue weighted by molar-refractivity contribution is -0.141. The molecule has 1 aliphatic rings. The number of H-pyrrole nitrogens is 1. The predicted molar refractivity (Wildman–Crippen MR) is 78.9 cm³/mol. The van der Waals surface area contributed by atoms with E-state index < -0.39 is 11.9 Å². The van der Waals surface area contributed by atoms with Crippen LogP contribution in [0.4, 0.5) is 13.2 Å². The van der Waals surface area contributed by atoms with Gasteiger partial charge in [-0.3, -0.25) is 9.78 Å². The topological polar surface area (TPSA) is 49.7 Å². The van der Waals surface area contributed by atoms with E-state index in [4.69, 9.17) is 0 Å². The van der Waals surface area contributed by atoms with Gasteiger partial charge in [-0.25, -0.2) is 0 Å². The molecule has 1 unspecified atom stereocenters. The molecule has 0 aromatic carbocycles. The van der Waals surface area contributed by atoms with Crippen molar-refractivity contribution in [3.8, 4) is 0 Å². The molecule has 3 rings (SSSR count). The van der Waals surface area contributed by atoms with Gasteiger partial charge < -0.3 is 4.90 Å². The van der Waals surface area contributed by atoms with Gasteiger partial charge in [0.25, 0.3) is 0 Å². The standard InChI is InChI=1S/C15H20F3N5/c1-22-9-11(8-19-22)4-6-23-5-2-3-12(10-23)13-7-14(21-20-13)15(16,17)18/h7-9,12H,2-6,10H2,1H3,(H,20,21). The zero-order valence-electron chi connectivity index (χ0n) is 13.0. The average molecular weight is 327 g/mol. The molecule has 0 spiro atoms. The van der Waals surface area contributed by atoms with E-state index in [0.29, 0.717) is 5.69 Å². The molecule has 23 heavy (non-hydrogen) atoms. The third kappa shape index (κ3) is 3.93. The summed E-state index contributed by atoms with van der Waals surface area (Å²) in [5.41, 5.74) is 0.930. The summed E-state index contributed by atoms with van der Waals surface area (Å²) < 4.78 is 39.7. The normalized spacial score (nSPS) is 20.1. The first-order chi connectivity index (χ1) is 10.9. The number of alkyl halides is 3. The molecule has 8 heteroatoms. The number of aromatic nitrogens is 4. The van der Waals surface area contributed by atoms with E-state index in [2.05, 4.69) is 20.2 Å². The van der Waals surface area contributed by atoms with Crippen LogP contribution in [0.1, 0.15) is 35.7 Å². The summed E-state index contributed by atoms with van der Waals surface area (Å²) in [4.78, 5) is 2.30. The average Bonchev–Trinajstić information content (AvgIpc) is 3.14. The highest BCUT2D eigenvalue weighted by molar-refractivity contribution is 5.16. The molecule has 5 nitrogen and oxygen atoms in total. The number of aromatic amines is 1. The molecule has 1 atom stereocenters. The molecule has 2 aromatic rings. The summed E-state index contributed by atoms with van der Waals surface area (Å²) in [5.74, 6) is 0.0845. The first-order valence-corrected chi connectivity index (χ1v) is 7.74. The lowest BCUT2D eigenvalue weighted by atomic mass is 9.94. The Hall–Kier alpha value is -1.83. The molecule has 1 fully saturated rings. The third-order valence-corrected chi connectivity index (χ3v) is 4.31. The summed E-state index contributed by atoms with van der Waals surface area (Å²) in [6.07, 6.45) is 2.24. The van der Waals surface area contributed by atoms with Crippen LogP contribution in [0.3, 0.4) is 0 Å². The van der Waals surface area contributed by atoms with E-state index in [1.807, 2.05) is 19.4 Å². The van der Waals surface area contributed by atoms with Gasteiger partial charge in [0.2, 0.25) is 0 Å². The molecule has 126 valence electrons. The van der Waals surface area contributed by atoms with Gasteiger partial charge in [0.15, 0.2) is 5.69 Å². The fourth-order valence-electron chi connectivity index (χ4n) is 3.09. The maximum atomic E-state index is 12.7. The number of nitrogens with zero attached hydrogens (tertiary/aromatic N) is 4. The molecule has 0 radical (unpaired) electrons. The van der Waals surface area contributed by atoms with Crippen LogP contribution < -0.4 is 0 Å². The van der Waals surface area contributed by atoms with Crippen molar-refractivity contribution in [2.45, 2.75) is 31.4 Å². The Morgan fingerprint density at radius 1 is 1.39 bits per heavy atom. The molecule has 0 bridgehead atoms. The van der Waals surface area contributed by atoms with Crippen molar-refractivity contribution in [2.24, 2.45) is 7.05 Å². The van der Waals surface area contributed by atoms with Gasteiger partial charge in [0.05, 0.1) is 6.20 Å². The SMILES string of the molecule is Cn1cc(CCN2CCCC(c3cc(C(F)(F)F)n[nH]3)C2)cn1. The van der Waals surface area contributed by atoms with Gasteiger partial charge in [0.1, 0.15) is 0 Å². The van der Waals surface area contributed by atoms with Crippen molar-refractivity contribution < 1.29 is 13.2 Å². The maximum Gasteiger partial charge on any atom is 0.435 e. The van der Waals surface area contributed by atoms with E-state index in [9.17, 15) is 13.2 Å². The Morgan fingerprint density at radius 2 is 2.22 bits per heavy atom. The van der Waals surface area contributed by atoms with Crippen LogP contribution in [0.2, 0.25) is 0 Å². The van der Waals surface area contributed by atoms with Gasteiger partial charge in [-0.2, -0.15) is 23.4 Å². The first-order valence-electron chi connectivity index (χ1n) is 7.74. The summed E-state index contributed by atoms with van der Waals surface area (Å²) in [6.45, 7) is 2.64. The molecule has 1 aliphatic heterocycles. The largest absolute Gasteiger partial charge is 0.435 e. The van der Waals surface area contributed by atoms with E-state index in [0.717, 1.165) is 45.0 Å². The molecule has 0 saturated carbocycles. The number of nitrogens with one attached hydrogen (secondary N) is 1. The highest BCUT2D eigenvalue weighted by Crippen LogP contribution is 2.31. The molecule has 0 aliphatic carbocycles. The van der Waals surface area contributed by atoms with Crippen molar-refractivity contribution in [2.75, 3.05) is 19.6 Å². The predicted octanol–water partition coefficient (Wildman–Crippen LogP) is 2.58. The summed E-state index contributed by atoms with van der Waals surface area (Å²) in [6, 6.07) is 1.15.